The second kappa shape index (κ2) is 6.21. The van der Waals surface area contributed by atoms with Crippen LogP contribution in [0.5, 0.6) is 0 Å². The molecule has 2 saturated carbocycles. The van der Waals surface area contributed by atoms with Gasteiger partial charge in [0.1, 0.15) is 23.8 Å². The van der Waals surface area contributed by atoms with Gasteiger partial charge >= 0.3 is 6.03 Å². The molecular weight excluding hydrogens is 390 g/mol. The van der Waals surface area contributed by atoms with Gasteiger partial charge < -0.3 is 9.80 Å². The Bertz CT molecular complexity index is 967. The zero-order valence-corrected chi connectivity index (χ0v) is 16.7. The zero-order chi connectivity index (χ0) is 20.5. The number of carbonyl (C=O) groups is 1. The van der Waals surface area contributed by atoms with Crippen molar-refractivity contribution in [3.05, 3.63) is 41.7 Å². The van der Waals surface area contributed by atoms with Crippen LogP contribution in [0.15, 0.2) is 18.6 Å². The smallest absolute Gasteiger partial charge is 0.320 e. The maximum absolute atomic E-state index is 13.8. The largest absolute Gasteiger partial charge is 0.323 e. The van der Waals surface area contributed by atoms with Gasteiger partial charge in [0, 0.05) is 49.0 Å². The van der Waals surface area contributed by atoms with Crippen LogP contribution in [0.25, 0.3) is 0 Å². The van der Waals surface area contributed by atoms with E-state index in [1.807, 2.05) is 9.80 Å². The summed E-state index contributed by atoms with van der Waals surface area (Å²) in [6.45, 7) is 3.29. The first kappa shape index (κ1) is 18.2. The molecule has 2 aromatic heterocycles. The molecule has 30 heavy (non-hydrogen) atoms. The van der Waals surface area contributed by atoms with Crippen LogP contribution in [0.4, 0.5) is 13.6 Å². The Morgan fingerprint density at radius 3 is 2.33 bits per heavy atom. The molecule has 2 saturated heterocycles. The molecule has 2 aromatic rings. The first-order chi connectivity index (χ1) is 14.4. The van der Waals surface area contributed by atoms with Gasteiger partial charge in [0.2, 0.25) is 0 Å². The lowest BCUT2D eigenvalue weighted by molar-refractivity contribution is -0.101. The molecule has 4 heterocycles. The molecule has 4 aliphatic rings. The summed E-state index contributed by atoms with van der Waals surface area (Å²) in [5.41, 5.74) is 0.829. The lowest BCUT2D eigenvalue weighted by Gasteiger charge is -2.63. The number of pyridine rings is 1. The number of aromatic amines is 1. The van der Waals surface area contributed by atoms with Crippen molar-refractivity contribution in [2.45, 2.75) is 38.0 Å². The fourth-order valence-electron chi connectivity index (χ4n) is 6.28. The van der Waals surface area contributed by atoms with Gasteiger partial charge in [-0.1, -0.05) is 0 Å². The lowest BCUT2D eigenvalue weighted by Crippen LogP contribution is -2.71. The molecule has 9 heteroatoms. The first-order valence-electron chi connectivity index (χ1n) is 10.6. The number of amides is 2. The van der Waals surface area contributed by atoms with Crippen molar-refractivity contribution < 1.29 is 13.6 Å². The third-order valence-electron chi connectivity index (χ3n) is 7.63. The molecule has 2 aliphatic heterocycles. The summed E-state index contributed by atoms with van der Waals surface area (Å²) in [5, 5.41) is 6.87. The van der Waals surface area contributed by atoms with Gasteiger partial charge in [0.25, 0.3) is 0 Å². The number of likely N-dealkylation sites (tertiary alicyclic amines) is 2. The maximum atomic E-state index is 13.8. The van der Waals surface area contributed by atoms with Crippen LogP contribution in [0.3, 0.4) is 0 Å². The summed E-state index contributed by atoms with van der Waals surface area (Å²) in [5.74, 6) is 0.576. The van der Waals surface area contributed by atoms with Crippen molar-refractivity contribution in [1.29, 1.82) is 0 Å². The molecule has 4 fully saturated rings. The van der Waals surface area contributed by atoms with Crippen LogP contribution >= 0.6 is 0 Å². The van der Waals surface area contributed by atoms with E-state index in [0.29, 0.717) is 24.0 Å². The highest BCUT2D eigenvalue weighted by atomic mass is 19.1. The molecule has 2 aliphatic carbocycles. The third-order valence-corrected chi connectivity index (χ3v) is 7.63. The van der Waals surface area contributed by atoms with E-state index in [-0.39, 0.29) is 16.9 Å². The van der Waals surface area contributed by atoms with E-state index < -0.39 is 11.6 Å². The maximum Gasteiger partial charge on any atom is 0.320 e. The van der Waals surface area contributed by atoms with Gasteiger partial charge in [-0.25, -0.2) is 18.6 Å². The Morgan fingerprint density at radius 1 is 1.07 bits per heavy atom. The van der Waals surface area contributed by atoms with Crippen LogP contribution in [-0.4, -0.2) is 62.2 Å². The van der Waals surface area contributed by atoms with Crippen molar-refractivity contribution in [2.75, 3.05) is 26.2 Å². The van der Waals surface area contributed by atoms with Crippen molar-refractivity contribution in [1.82, 2.24) is 30.0 Å². The molecule has 0 radical (unpaired) electrons. The quantitative estimate of drug-likeness (QED) is 0.838. The van der Waals surface area contributed by atoms with Gasteiger partial charge in [0.05, 0.1) is 11.9 Å². The van der Waals surface area contributed by atoms with Gasteiger partial charge in [-0.15, -0.1) is 0 Å². The molecule has 0 aromatic carbocycles. The Morgan fingerprint density at radius 2 is 1.73 bits per heavy atom. The fraction of sp³-hybridized carbons (Fsp3) is 0.619. The van der Waals surface area contributed by atoms with E-state index in [1.165, 1.54) is 0 Å². The predicted molar refractivity (Wildman–Crippen MR) is 102 cm³/mol. The topological polar surface area (TPSA) is 78.0 Å². The SMILES string of the molecule is O=C(N1CC2(CC(Cc3ncc(F)cc3F)C2)C1)N1CC2(CC(c3ncn[nH]3)C2)C1. The fourth-order valence-corrected chi connectivity index (χ4v) is 6.28. The number of urea groups is 1. The van der Waals surface area contributed by atoms with E-state index in [2.05, 4.69) is 20.2 Å². The van der Waals surface area contributed by atoms with Gasteiger partial charge in [-0.05, 0) is 38.0 Å². The molecule has 158 valence electrons. The van der Waals surface area contributed by atoms with E-state index in [1.54, 1.807) is 6.33 Å². The highest BCUT2D eigenvalue weighted by molar-refractivity contribution is 5.77. The first-order valence-corrected chi connectivity index (χ1v) is 10.6. The standard InChI is InChI=1S/C21H24F2N6O/c22-15-2-16(23)17(24-7-15)1-13-3-20(4-13)8-28(9-20)19(30)29-10-21(11-29)5-14(6-21)18-25-12-26-27-18/h2,7,12-14H,1,3-6,8-11H2,(H,25,26,27). The molecule has 6 rings (SSSR count). The monoisotopic (exact) mass is 414 g/mol. The summed E-state index contributed by atoms with van der Waals surface area (Å²) in [6.07, 6.45) is 7.29. The highest BCUT2D eigenvalue weighted by Gasteiger charge is 2.58. The number of hydrogen-bond acceptors (Lipinski definition) is 4. The average Bonchev–Trinajstić information content (AvgIpc) is 3.09. The number of rotatable bonds is 3. The van der Waals surface area contributed by atoms with Crippen LogP contribution in [-0.2, 0) is 6.42 Å². The number of hydrogen-bond donors (Lipinski definition) is 1. The molecule has 0 unspecified atom stereocenters. The van der Waals surface area contributed by atoms with Crippen LogP contribution in [0, 0.1) is 28.4 Å². The van der Waals surface area contributed by atoms with Crippen LogP contribution in [0.1, 0.15) is 43.1 Å². The second-order valence-corrected chi connectivity index (χ2v) is 10.0. The number of halogens is 2. The minimum absolute atomic E-state index is 0.157. The molecule has 7 nitrogen and oxygen atoms in total. The van der Waals surface area contributed by atoms with Gasteiger partial charge in [-0.2, -0.15) is 5.10 Å². The highest BCUT2D eigenvalue weighted by Crippen LogP contribution is 2.57. The molecular formula is C21H24F2N6O. The van der Waals surface area contributed by atoms with E-state index in [9.17, 15) is 13.6 Å². The zero-order valence-electron chi connectivity index (χ0n) is 16.7. The number of carbonyl (C=O) groups excluding carboxylic acids is 1. The third kappa shape index (κ3) is 2.81. The molecule has 1 N–H and O–H groups in total. The van der Waals surface area contributed by atoms with Crippen molar-refractivity contribution >= 4 is 6.03 Å². The number of nitrogens with zero attached hydrogens (tertiary/aromatic N) is 5. The summed E-state index contributed by atoms with van der Waals surface area (Å²) < 4.78 is 26.8. The number of aromatic nitrogens is 4. The minimum Gasteiger partial charge on any atom is -0.323 e. The van der Waals surface area contributed by atoms with Crippen LogP contribution < -0.4 is 0 Å². The Labute approximate surface area is 172 Å². The van der Waals surface area contributed by atoms with Crippen molar-refractivity contribution in [2.24, 2.45) is 16.7 Å². The molecule has 0 bridgehead atoms. The second-order valence-electron chi connectivity index (χ2n) is 10.0. The van der Waals surface area contributed by atoms with Crippen molar-refractivity contribution in [3.8, 4) is 0 Å². The Hall–Kier alpha value is -2.58. The number of H-pyrrole nitrogens is 1. The average molecular weight is 414 g/mol. The lowest BCUT2D eigenvalue weighted by atomic mass is 9.56. The van der Waals surface area contributed by atoms with E-state index in [0.717, 1.165) is 69.9 Å². The molecule has 0 atom stereocenters. The summed E-state index contributed by atoms with van der Waals surface area (Å²) >= 11 is 0. The number of nitrogens with one attached hydrogen (secondary N) is 1. The van der Waals surface area contributed by atoms with E-state index in [4.69, 9.17) is 0 Å². The van der Waals surface area contributed by atoms with Gasteiger partial charge in [0.15, 0.2) is 0 Å². The predicted octanol–water partition coefficient (Wildman–Crippen LogP) is 2.73. The molecule has 2 spiro atoms. The minimum atomic E-state index is -0.641. The molecule has 2 amide bonds. The summed E-state index contributed by atoms with van der Waals surface area (Å²) in [4.78, 5) is 24.8. The Kier molecular flexibility index (Phi) is 3.77. The normalized spacial score (nSPS) is 24.3. The van der Waals surface area contributed by atoms with Crippen LogP contribution in [0.2, 0.25) is 0 Å². The van der Waals surface area contributed by atoms with Crippen molar-refractivity contribution in [3.63, 3.8) is 0 Å². The van der Waals surface area contributed by atoms with Gasteiger partial charge in [-0.3, -0.25) is 10.1 Å². The summed E-state index contributed by atoms with van der Waals surface area (Å²) in [6, 6.07) is 1.06. The summed E-state index contributed by atoms with van der Waals surface area (Å²) in [7, 11) is 0. The van der Waals surface area contributed by atoms with E-state index >= 15 is 0 Å². The Balaban J connectivity index is 0.948.